The molecule has 0 radical (unpaired) electrons. The molecule has 0 aliphatic heterocycles. The summed E-state index contributed by atoms with van der Waals surface area (Å²) in [6.45, 7) is 0.266. The van der Waals surface area contributed by atoms with E-state index in [2.05, 4.69) is 10.5 Å². The van der Waals surface area contributed by atoms with Gasteiger partial charge in [0, 0.05) is 6.07 Å². The van der Waals surface area contributed by atoms with E-state index < -0.39 is 6.04 Å². The number of carbonyl (C=O) groups excluding carboxylic acids is 1. The number of hydrogen-bond donors (Lipinski definition) is 3. The summed E-state index contributed by atoms with van der Waals surface area (Å²) in [5, 5.41) is 15.4. The number of phenols is 1. The molecule has 0 spiro atoms. The van der Waals surface area contributed by atoms with Crippen LogP contribution in [0.4, 0.5) is 0 Å². The number of phenolic OH excluding ortho intramolecular Hbond substituents is 1. The number of hydrogen-bond acceptors (Lipinski definition) is 5. The van der Waals surface area contributed by atoms with E-state index in [1.54, 1.807) is 30.3 Å². The predicted molar refractivity (Wildman–Crippen MR) is 68.1 cm³/mol. The van der Waals surface area contributed by atoms with Gasteiger partial charge in [0.15, 0.2) is 5.76 Å². The molecule has 1 heterocycles. The van der Waals surface area contributed by atoms with E-state index in [0.29, 0.717) is 12.2 Å². The number of nitrogens with two attached hydrogens (primary N) is 1. The van der Waals surface area contributed by atoms with Gasteiger partial charge >= 0.3 is 0 Å². The topological polar surface area (TPSA) is 101 Å². The zero-order valence-corrected chi connectivity index (χ0v) is 10.2. The number of amides is 1. The van der Waals surface area contributed by atoms with Crippen LogP contribution in [0, 0.1) is 0 Å². The Morgan fingerprint density at radius 2 is 2.11 bits per heavy atom. The van der Waals surface area contributed by atoms with Gasteiger partial charge in [-0.2, -0.15) is 0 Å². The van der Waals surface area contributed by atoms with Crippen molar-refractivity contribution in [1.29, 1.82) is 0 Å². The maximum absolute atomic E-state index is 11.8. The average Bonchev–Trinajstić information content (AvgIpc) is 2.91. The highest BCUT2D eigenvalue weighted by molar-refractivity contribution is 5.81. The first kappa shape index (κ1) is 13.1. The Hall–Kier alpha value is -2.34. The van der Waals surface area contributed by atoms with Crippen molar-refractivity contribution >= 4 is 5.91 Å². The van der Waals surface area contributed by atoms with E-state index >= 15 is 0 Å². The molecule has 1 aromatic heterocycles. The summed E-state index contributed by atoms with van der Waals surface area (Å²) in [4.78, 5) is 11.8. The Labute approximate surface area is 110 Å². The van der Waals surface area contributed by atoms with Crippen LogP contribution in [0.15, 0.2) is 41.1 Å². The van der Waals surface area contributed by atoms with Crippen LogP contribution < -0.4 is 11.1 Å². The first-order chi connectivity index (χ1) is 9.15. The van der Waals surface area contributed by atoms with Gasteiger partial charge in [0.1, 0.15) is 5.75 Å². The lowest BCUT2D eigenvalue weighted by atomic mass is 10.1. The molecular formula is C13H15N3O3. The Morgan fingerprint density at radius 3 is 2.74 bits per heavy atom. The second-order valence-corrected chi connectivity index (χ2v) is 4.17. The molecule has 0 saturated carbocycles. The first-order valence-electron chi connectivity index (χ1n) is 5.86. The van der Waals surface area contributed by atoms with Crippen LogP contribution >= 0.6 is 0 Å². The smallest absolute Gasteiger partial charge is 0.237 e. The van der Waals surface area contributed by atoms with Crippen molar-refractivity contribution in [3.8, 4) is 5.75 Å². The van der Waals surface area contributed by atoms with Gasteiger partial charge < -0.3 is 20.7 Å². The third kappa shape index (κ3) is 3.82. The summed E-state index contributed by atoms with van der Waals surface area (Å²) in [6.07, 6.45) is 1.92. The lowest BCUT2D eigenvalue weighted by Crippen LogP contribution is -2.41. The minimum absolute atomic E-state index is 0.187. The first-order valence-corrected chi connectivity index (χ1v) is 5.86. The number of aromatic nitrogens is 1. The van der Waals surface area contributed by atoms with Gasteiger partial charge in [0.2, 0.25) is 5.91 Å². The van der Waals surface area contributed by atoms with Gasteiger partial charge in [-0.15, -0.1) is 0 Å². The maximum atomic E-state index is 11.8. The molecule has 6 nitrogen and oxygen atoms in total. The van der Waals surface area contributed by atoms with E-state index in [9.17, 15) is 4.79 Å². The third-order valence-electron chi connectivity index (χ3n) is 2.66. The molecule has 2 aromatic rings. The Bertz CT molecular complexity index is 523. The molecule has 6 heteroatoms. The van der Waals surface area contributed by atoms with E-state index in [1.807, 2.05) is 0 Å². The Balaban J connectivity index is 1.83. The van der Waals surface area contributed by atoms with E-state index in [0.717, 1.165) is 5.56 Å². The highest BCUT2D eigenvalue weighted by Crippen LogP contribution is 2.10. The number of nitrogens with one attached hydrogen (secondary N) is 1. The quantitative estimate of drug-likeness (QED) is 0.730. The molecule has 0 aliphatic rings. The molecule has 19 heavy (non-hydrogen) atoms. The zero-order valence-electron chi connectivity index (χ0n) is 10.2. The van der Waals surface area contributed by atoms with E-state index in [-0.39, 0.29) is 18.2 Å². The highest BCUT2D eigenvalue weighted by Gasteiger charge is 2.14. The Morgan fingerprint density at radius 1 is 1.37 bits per heavy atom. The summed E-state index contributed by atoms with van der Waals surface area (Å²) in [7, 11) is 0. The van der Waals surface area contributed by atoms with Crippen LogP contribution in [0.25, 0.3) is 0 Å². The minimum atomic E-state index is -0.646. The van der Waals surface area contributed by atoms with Crippen LogP contribution in [0.3, 0.4) is 0 Å². The van der Waals surface area contributed by atoms with Gasteiger partial charge in [-0.05, 0) is 24.1 Å². The van der Waals surface area contributed by atoms with Crippen molar-refractivity contribution in [2.24, 2.45) is 5.73 Å². The summed E-state index contributed by atoms with van der Waals surface area (Å²) in [6, 6.07) is 7.62. The average molecular weight is 261 g/mol. The molecule has 2 rings (SSSR count). The van der Waals surface area contributed by atoms with Gasteiger partial charge in [0.25, 0.3) is 0 Å². The molecule has 4 N–H and O–H groups in total. The van der Waals surface area contributed by atoms with Crippen molar-refractivity contribution in [2.45, 2.75) is 19.0 Å². The fraction of sp³-hybridized carbons (Fsp3) is 0.231. The summed E-state index contributed by atoms with van der Waals surface area (Å²) in [5.41, 5.74) is 6.69. The number of rotatable bonds is 5. The Kier molecular flexibility index (Phi) is 4.15. The zero-order chi connectivity index (χ0) is 13.7. The molecule has 1 unspecified atom stereocenters. The van der Waals surface area contributed by atoms with Gasteiger partial charge in [0.05, 0.1) is 18.8 Å². The molecular weight excluding hydrogens is 246 g/mol. The molecule has 1 atom stereocenters. The SMILES string of the molecule is NC(Cc1ccc(O)cc1)C(=O)NCc1ccno1. The van der Waals surface area contributed by atoms with Crippen LogP contribution in [-0.2, 0) is 17.8 Å². The van der Waals surface area contributed by atoms with E-state index in [4.69, 9.17) is 15.4 Å². The second-order valence-electron chi connectivity index (χ2n) is 4.17. The second kappa shape index (κ2) is 6.01. The van der Waals surface area contributed by atoms with Crippen LogP contribution in [-0.4, -0.2) is 22.2 Å². The van der Waals surface area contributed by atoms with Crippen molar-refractivity contribution in [1.82, 2.24) is 10.5 Å². The lowest BCUT2D eigenvalue weighted by Gasteiger charge is -2.11. The summed E-state index contributed by atoms with van der Waals surface area (Å²) in [5.74, 6) is 0.502. The molecule has 0 saturated heterocycles. The number of carbonyl (C=O) groups is 1. The van der Waals surface area contributed by atoms with Crippen LogP contribution in [0.5, 0.6) is 5.75 Å². The molecule has 0 bridgehead atoms. The molecule has 1 aromatic carbocycles. The minimum Gasteiger partial charge on any atom is -0.508 e. The monoisotopic (exact) mass is 261 g/mol. The van der Waals surface area contributed by atoms with Crippen LogP contribution in [0.1, 0.15) is 11.3 Å². The van der Waals surface area contributed by atoms with E-state index in [1.165, 1.54) is 6.20 Å². The lowest BCUT2D eigenvalue weighted by molar-refractivity contribution is -0.122. The standard InChI is InChI=1S/C13H15N3O3/c14-12(7-9-1-3-10(17)4-2-9)13(18)15-8-11-5-6-16-19-11/h1-6,12,17H,7-8,14H2,(H,15,18). The fourth-order valence-corrected chi connectivity index (χ4v) is 1.62. The summed E-state index contributed by atoms with van der Waals surface area (Å²) < 4.78 is 4.86. The number of benzene rings is 1. The number of aromatic hydroxyl groups is 1. The fourth-order valence-electron chi connectivity index (χ4n) is 1.62. The largest absolute Gasteiger partial charge is 0.508 e. The van der Waals surface area contributed by atoms with Gasteiger partial charge in [-0.3, -0.25) is 4.79 Å². The summed E-state index contributed by atoms with van der Waals surface area (Å²) >= 11 is 0. The molecule has 1 amide bonds. The van der Waals surface area contributed by atoms with Gasteiger partial charge in [-0.1, -0.05) is 17.3 Å². The van der Waals surface area contributed by atoms with Crippen molar-refractivity contribution in [2.75, 3.05) is 0 Å². The van der Waals surface area contributed by atoms with Gasteiger partial charge in [-0.25, -0.2) is 0 Å². The number of nitrogens with zero attached hydrogens (tertiary/aromatic N) is 1. The van der Waals surface area contributed by atoms with Crippen molar-refractivity contribution in [3.63, 3.8) is 0 Å². The molecule has 0 aliphatic carbocycles. The normalized spacial score (nSPS) is 12.1. The maximum Gasteiger partial charge on any atom is 0.237 e. The van der Waals surface area contributed by atoms with Crippen LogP contribution in [0.2, 0.25) is 0 Å². The highest BCUT2D eigenvalue weighted by atomic mass is 16.5. The van der Waals surface area contributed by atoms with Crippen molar-refractivity contribution in [3.05, 3.63) is 47.9 Å². The predicted octanol–water partition coefficient (Wildman–Crippen LogP) is 0.566. The van der Waals surface area contributed by atoms with Crippen molar-refractivity contribution < 1.29 is 14.4 Å². The molecule has 100 valence electrons. The molecule has 0 fully saturated rings. The third-order valence-corrected chi connectivity index (χ3v) is 2.66.